The van der Waals surface area contributed by atoms with Crippen LogP contribution in [0.2, 0.25) is 0 Å². The highest BCUT2D eigenvalue weighted by Gasteiger charge is 1.83. The molecule has 0 aliphatic rings. The predicted octanol–water partition coefficient (Wildman–Crippen LogP) is 2.92. The van der Waals surface area contributed by atoms with E-state index < -0.39 is 0 Å². The molecule has 1 radical (unpaired) electrons. The number of hydrogen-bond donors (Lipinski definition) is 0. The van der Waals surface area contributed by atoms with E-state index in [4.69, 9.17) is 0 Å². The first-order valence-corrected chi connectivity index (χ1v) is 4.22. The van der Waals surface area contributed by atoms with Crippen LogP contribution in [-0.4, -0.2) is 4.57 Å². The molecule has 1 nitrogen and oxygen atoms in total. The van der Waals surface area contributed by atoms with E-state index >= 15 is 0 Å². The first-order valence-electron chi connectivity index (χ1n) is 4.22. The molecule has 0 saturated carbocycles. The Morgan fingerprint density at radius 1 is 1.15 bits per heavy atom. The second kappa shape index (κ2) is 3.76. The third-order valence-corrected chi connectivity index (χ3v) is 1.81. The Morgan fingerprint density at radius 3 is 2.69 bits per heavy atom. The van der Waals surface area contributed by atoms with Crippen LogP contribution < -0.4 is 0 Å². The van der Waals surface area contributed by atoms with E-state index in [1.165, 1.54) is 5.56 Å². The lowest BCUT2D eigenvalue weighted by Crippen LogP contribution is -1.77. The standard InChI is InChI=1S/C12H10N/c1-2-6-12(7-3-1)8-11-13-9-4-5-10-13/h1-4,6-11H. The van der Waals surface area contributed by atoms with Crippen LogP contribution in [0.1, 0.15) is 5.56 Å². The van der Waals surface area contributed by atoms with Crippen LogP contribution in [0.4, 0.5) is 0 Å². The average molecular weight is 168 g/mol. The van der Waals surface area contributed by atoms with Crippen molar-refractivity contribution < 1.29 is 0 Å². The van der Waals surface area contributed by atoms with Crippen molar-refractivity contribution in [2.75, 3.05) is 0 Å². The maximum atomic E-state index is 2.98. The maximum absolute atomic E-state index is 2.98. The fourth-order valence-electron chi connectivity index (χ4n) is 1.13. The summed E-state index contributed by atoms with van der Waals surface area (Å²) in [6, 6.07) is 15.1. The molecule has 1 heterocycles. The molecule has 0 aliphatic carbocycles. The maximum Gasteiger partial charge on any atom is 0.0162 e. The molecule has 63 valence electrons. The Balaban J connectivity index is 2.15. The minimum Gasteiger partial charge on any atom is -0.330 e. The van der Waals surface area contributed by atoms with E-state index in [2.05, 4.69) is 24.3 Å². The molecule has 13 heavy (non-hydrogen) atoms. The normalized spacial score (nSPS) is 10.8. The molecule has 0 amide bonds. The highest BCUT2D eigenvalue weighted by atomic mass is 14.9. The predicted molar refractivity (Wildman–Crippen MR) is 54.9 cm³/mol. The van der Waals surface area contributed by atoms with Gasteiger partial charge in [-0.3, -0.25) is 0 Å². The van der Waals surface area contributed by atoms with Gasteiger partial charge in [-0.25, -0.2) is 0 Å². The van der Waals surface area contributed by atoms with Gasteiger partial charge in [-0.15, -0.1) is 0 Å². The van der Waals surface area contributed by atoms with Crippen molar-refractivity contribution >= 4 is 12.3 Å². The lowest BCUT2D eigenvalue weighted by Gasteiger charge is -1.92. The molecular weight excluding hydrogens is 158 g/mol. The topological polar surface area (TPSA) is 4.93 Å². The third-order valence-electron chi connectivity index (χ3n) is 1.81. The zero-order valence-electron chi connectivity index (χ0n) is 7.22. The highest BCUT2D eigenvalue weighted by Crippen LogP contribution is 2.02. The SMILES string of the molecule is [c]1ccn(C=Cc2ccccc2)c1. The van der Waals surface area contributed by atoms with Crippen molar-refractivity contribution in [3.63, 3.8) is 0 Å². The highest BCUT2D eigenvalue weighted by molar-refractivity contribution is 5.60. The Kier molecular flexibility index (Phi) is 2.28. The van der Waals surface area contributed by atoms with Crippen LogP contribution in [0, 0.1) is 6.07 Å². The summed E-state index contributed by atoms with van der Waals surface area (Å²) in [6.07, 6.45) is 7.92. The molecule has 1 heteroatoms. The lowest BCUT2D eigenvalue weighted by atomic mass is 10.2. The van der Waals surface area contributed by atoms with Crippen LogP contribution in [0.5, 0.6) is 0 Å². The van der Waals surface area contributed by atoms with Gasteiger partial charge in [0.05, 0.1) is 0 Å². The Morgan fingerprint density at radius 2 is 2.00 bits per heavy atom. The van der Waals surface area contributed by atoms with Gasteiger partial charge in [0.25, 0.3) is 0 Å². The molecule has 0 N–H and O–H groups in total. The largest absolute Gasteiger partial charge is 0.330 e. The number of benzene rings is 1. The first kappa shape index (κ1) is 7.87. The lowest BCUT2D eigenvalue weighted by molar-refractivity contribution is 1.18. The molecule has 0 bridgehead atoms. The van der Waals surface area contributed by atoms with E-state index in [-0.39, 0.29) is 0 Å². The summed E-state index contributed by atoms with van der Waals surface area (Å²) in [7, 11) is 0. The monoisotopic (exact) mass is 168 g/mol. The smallest absolute Gasteiger partial charge is 0.0162 e. The van der Waals surface area contributed by atoms with E-state index in [1.54, 1.807) is 0 Å². The summed E-state index contributed by atoms with van der Waals surface area (Å²) in [5, 5.41) is 0. The molecule has 1 aromatic heterocycles. The molecule has 0 atom stereocenters. The van der Waals surface area contributed by atoms with Crippen molar-refractivity contribution in [2.24, 2.45) is 0 Å². The van der Waals surface area contributed by atoms with Gasteiger partial charge in [0.1, 0.15) is 0 Å². The number of rotatable bonds is 2. The van der Waals surface area contributed by atoms with E-state index in [1.807, 2.05) is 47.4 Å². The van der Waals surface area contributed by atoms with Gasteiger partial charge in [-0.2, -0.15) is 0 Å². The summed E-state index contributed by atoms with van der Waals surface area (Å²) in [5.74, 6) is 0. The van der Waals surface area contributed by atoms with Crippen LogP contribution in [0.15, 0.2) is 48.8 Å². The third kappa shape index (κ3) is 2.09. The summed E-state index contributed by atoms with van der Waals surface area (Å²) in [4.78, 5) is 0. The second-order valence-electron chi connectivity index (χ2n) is 2.79. The molecule has 0 unspecified atom stereocenters. The summed E-state index contributed by atoms with van der Waals surface area (Å²) >= 11 is 0. The van der Waals surface area contributed by atoms with Gasteiger partial charge in [0.2, 0.25) is 0 Å². The van der Waals surface area contributed by atoms with Crippen molar-refractivity contribution in [2.45, 2.75) is 0 Å². The average Bonchev–Trinajstić information content (AvgIpc) is 2.69. The zero-order chi connectivity index (χ0) is 8.93. The molecule has 0 saturated heterocycles. The van der Waals surface area contributed by atoms with Crippen molar-refractivity contribution in [1.82, 2.24) is 4.57 Å². The van der Waals surface area contributed by atoms with Crippen LogP contribution in [0.25, 0.3) is 12.3 Å². The molecule has 0 aliphatic heterocycles. The second-order valence-corrected chi connectivity index (χ2v) is 2.79. The van der Waals surface area contributed by atoms with Gasteiger partial charge >= 0.3 is 0 Å². The molecular formula is C12H10N. The van der Waals surface area contributed by atoms with Crippen LogP contribution >= 0.6 is 0 Å². The van der Waals surface area contributed by atoms with Gasteiger partial charge in [-0.05, 0) is 17.7 Å². The molecule has 0 spiro atoms. The van der Waals surface area contributed by atoms with Gasteiger partial charge in [-0.1, -0.05) is 30.3 Å². The minimum atomic E-state index is 1.20. The number of hydrogen-bond acceptors (Lipinski definition) is 0. The summed E-state index contributed by atoms with van der Waals surface area (Å²) in [6.45, 7) is 0. The van der Waals surface area contributed by atoms with Gasteiger partial charge < -0.3 is 4.57 Å². The zero-order valence-corrected chi connectivity index (χ0v) is 7.22. The van der Waals surface area contributed by atoms with E-state index in [0.29, 0.717) is 0 Å². The first-order chi connectivity index (χ1) is 6.45. The Bertz CT molecular complexity index is 371. The molecule has 0 fully saturated rings. The van der Waals surface area contributed by atoms with E-state index in [9.17, 15) is 0 Å². The Hall–Kier alpha value is -1.76. The fraction of sp³-hybridized carbons (Fsp3) is 0. The number of aromatic nitrogens is 1. The summed E-state index contributed by atoms with van der Waals surface area (Å²) < 4.78 is 1.97. The van der Waals surface area contributed by atoms with Crippen LogP contribution in [0.3, 0.4) is 0 Å². The fourth-order valence-corrected chi connectivity index (χ4v) is 1.13. The quantitative estimate of drug-likeness (QED) is 0.649. The summed E-state index contributed by atoms with van der Waals surface area (Å²) in [5.41, 5.74) is 1.20. The van der Waals surface area contributed by atoms with Crippen LogP contribution in [-0.2, 0) is 0 Å². The molecule has 1 aromatic carbocycles. The van der Waals surface area contributed by atoms with Gasteiger partial charge in [0, 0.05) is 24.7 Å². The van der Waals surface area contributed by atoms with E-state index in [0.717, 1.165) is 0 Å². The van der Waals surface area contributed by atoms with Crippen molar-refractivity contribution in [3.8, 4) is 0 Å². The van der Waals surface area contributed by atoms with Crippen molar-refractivity contribution in [1.29, 1.82) is 0 Å². The minimum absolute atomic E-state index is 1.20. The Labute approximate surface area is 77.9 Å². The molecule has 2 aromatic rings. The number of nitrogens with zero attached hydrogens (tertiary/aromatic N) is 1. The molecule has 2 rings (SSSR count). The van der Waals surface area contributed by atoms with Gasteiger partial charge in [0.15, 0.2) is 0 Å². The van der Waals surface area contributed by atoms with Crippen molar-refractivity contribution in [3.05, 3.63) is 60.4 Å².